The monoisotopic (exact) mass is 828 g/mol. The summed E-state index contributed by atoms with van der Waals surface area (Å²) in [7, 11) is 11.5. The van der Waals surface area contributed by atoms with Gasteiger partial charge in [0.15, 0.2) is 34.5 Å². The summed E-state index contributed by atoms with van der Waals surface area (Å²) in [6, 6.07) is 33.7. The molecule has 11 heteroatoms. The van der Waals surface area contributed by atoms with E-state index in [1.165, 1.54) is 0 Å². The predicted molar refractivity (Wildman–Crippen MR) is 233 cm³/mol. The predicted octanol–water partition coefficient (Wildman–Crippen LogP) is 10.4. The summed E-state index contributed by atoms with van der Waals surface area (Å²) in [5, 5.41) is 0. The molecule has 0 aliphatic carbocycles. The van der Waals surface area contributed by atoms with Crippen molar-refractivity contribution < 1.29 is 52.1 Å². The number of hydrogen-bond donors (Lipinski definition) is 0. The maximum Gasteiger partial charge on any atom is 0.231 e. The second-order valence-electron chi connectivity index (χ2n) is 14.4. The van der Waals surface area contributed by atoms with E-state index in [1.807, 2.05) is 91.0 Å². The lowest BCUT2D eigenvalue weighted by atomic mass is 10.0. The van der Waals surface area contributed by atoms with Crippen molar-refractivity contribution >= 4 is 0 Å². The van der Waals surface area contributed by atoms with Crippen LogP contribution >= 0.6 is 0 Å². The van der Waals surface area contributed by atoms with Crippen molar-refractivity contribution in [2.24, 2.45) is 0 Å². The van der Waals surface area contributed by atoms with Crippen LogP contribution < -0.4 is 52.1 Å². The maximum atomic E-state index is 6.72. The number of fused-ring (bicyclic) bond motifs is 1. The Morgan fingerprint density at radius 3 is 1.30 bits per heavy atom. The molecule has 0 radical (unpaired) electrons. The second kappa shape index (κ2) is 19.9. The molecule has 0 amide bonds. The molecule has 11 nitrogen and oxygen atoms in total. The van der Waals surface area contributed by atoms with Gasteiger partial charge in [0.2, 0.25) is 12.5 Å². The SMILES string of the molecule is COc1cccc(CCc2cc(Oc3cc(CCc4cc(OC)c5c(c4)OCO5)cc(Oc4cc(CCc5cccc(OC)c5)c(OC)cc4OC)c3)c(OC)cc2OC)c1. The molecular formula is C50H52O11. The van der Waals surface area contributed by atoms with Crippen LogP contribution in [-0.4, -0.2) is 56.6 Å². The molecule has 0 spiro atoms. The van der Waals surface area contributed by atoms with Gasteiger partial charge in [0, 0.05) is 18.2 Å². The smallest absolute Gasteiger partial charge is 0.231 e. The molecule has 7 rings (SSSR count). The average molecular weight is 829 g/mol. The Balaban J connectivity index is 1.22. The number of benzene rings is 6. The van der Waals surface area contributed by atoms with E-state index in [0.29, 0.717) is 88.9 Å². The Morgan fingerprint density at radius 2 is 0.820 bits per heavy atom. The standard InChI is InChI=1S/C50H52O11/c1-51-38-12-8-10-32(20-38)16-18-36-26-46(44(55-5)29-42(36)53-3)60-40-22-34(14-15-35-24-48(57-7)50-49(25-35)58-31-59-50)23-41(28-40)61-47-27-37(43(54-4)30-45(47)56-6)19-17-33-11-9-13-39(21-33)52-2/h8-13,20-30H,14-19,31H2,1-7H3. The van der Waals surface area contributed by atoms with Crippen LogP contribution in [0.1, 0.15) is 33.4 Å². The van der Waals surface area contributed by atoms with Crippen LogP contribution in [0.3, 0.4) is 0 Å². The summed E-state index contributed by atoms with van der Waals surface area (Å²) in [6.07, 6.45) is 4.25. The first-order valence-corrected chi connectivity index (χ1v) is 20.0. The molecule has 1 heterocycles. The van der Waals surface area contributed by atoms with Gasteiger partial charge in [-0.15, -0.1) is 0 Å². The van der Waals surface area contributed by atoms with Gasteiger partial charge in [0.25, 0.3) is 0 Å². The Bertz CT molecular complexity index is 2310. The van der Waals surface area contributed by atoms with Gasteiger partial charge < -0.3 is 52.1 Å². The quantitative estimate of drug-likeness (QED) is 0.0735. The molecule has 0 atom stereocenters. The molecule has 0 unspecified atom stereocenters. The molecule has 0 bridgehead atoms. The molecule has 0 N–H and O–H groups in total. The summed E-state index contributed by atoms with van der Waals surface area (Å²) in [4.78, 5) is 0. The molecule has 1 aliphatic heterocycles. The van der Waals surface area contributed by atoms with E-state index >= 15 is 0 Å². The van der Waals surface area contributed by atoms with Crippen molar-refractivity contribution in [3.63, 3.8) is 0 Å². The van der Waals surface area contributed by atoms with E-state index in [4.69, 9.17) is 52.1 Å². The Morgan fingerprint density at radius 1 is 0.361 bits per heavy atom. The summed E-state index contributed by atoms with van der Waals surface area (Å²) in [5.74, 6) is 8.20. The fraction of sp³-hybridized carbons (Fsp3) is 0.280. The van der Waals surface area contributed by atoms with Crippen molar-refractivity contribution in [1.29, 1.82) is 0 Å². The third-order valence-electron chi connectivity index (χ3n) is 10.6. The maximum absolute atomic E-state index is 6.72. The number of hydrogen-bond acceptors (Lipinski definition) is 11. The zero-order valence-electron chi connectivity index (χ0n) is 35.8. The van der Waals surface area contributed by atoms with Crippen molar-refractivity contribution in [2.45, 2.75) is 38.5 Å². The molecule has 0 saturated heterocycles. The molecular weight excluding hydrogens is 777 g/mol. The highest BCUT2D eigenvalue weighted by molar-refractivity contribution is 5.57. The zero-order chi connectivity index (χ0) is 42.7. The minimum absolute atomic E-state index is 0.157. The lowest BCUT2D eigenvalue weighted by Gasteiger charge is -2.18. The first-order valence-electron chi connectivity index (χ1n) is 20.0. The first kappa shape index (κ1) is 42.3. The van der Waals surface area contributed by atoms with Crippen LogP contribution in [0.4, 0.5) is 0 Å². The normalized spacial score (nSPS) is 11.5. The number of aryl methyl sites for hydroxylation is 6. The molecule has 61 heavy (non-hydrogen) atoms. The second-order valence-corrected chi connectivity index (χ2v) is 14.4. The highest BCUT2D eigenvalue weighted by Gasteiger charge is 2.21. The van der Waals surface area contributed by atoms with Crippen LogP contribution in [0, 0.1) is 0 Å². The van der Waals surface area contributed by atoms with Gasteiger partial charge in [-0.05, 0) is 133 Å². The number of ether oxygens (including phenoxy) is 11. The minimum atomic E-state index is 0.157. The lowest BCUT2D eigenvalue weighted by molar-refractivity contribution is 0.171. The van der Waals surface area contributed by atoms with Gasteiger partial charge in [0.1, 0.15) is 34.5 Å². The first-order chi connectivity index (χ1) is 29.8. The largest absolute Gasteiger partial charge is 0.497 e. The Hall–Kier alpha value is -6.88. The molecule has 1 aliphatic rings. The number of methoxy groups -OCH3 is 7. The lowest BCUT2D eigenvalue weighted by Crippen LogP contribution is -2.01. The van der Waals surface area contributed by atoms with Crippen LogP contribution in [0.25, 0.3) is 0 Å². The molecule has 0 aromatic heterocycles. The summed E-state index contributed by atoms with van der Waals surface area (Å²) >= 11 is 0. The van der Waals surface area contributed by atoms with E-state index in [0.717, 1.165) is 57.7 Å². The third-order valence-corrected chi connectivity index (χ3v) is 10.6. The van der Waals surface area contributed by atoms with Crippen molar-refractivity contribution in [3.8, 4) is 74.7 Å². The summed E-state index contributed by atoms with van der Waals surface area (Å²) in [5.41, 5.74) is 6.23. The van der Waals surface area contributed by atoms with Gasteiger partial charge in [-0.1, -0.05) is 24.3 Å². The van der Waals surface area contributed by atoms with Crippen molar-refractivity contribution in [3.05, 3.63) is 137 Å². The molecule has 6 aromatic carbocycles. The zero-order valence-corrected chi connectivity index (χ0v) is 35.8. The van der Waals surface area contributed by atoms with E-state index in [2.05, 4.69) is 12.1 Å². The topological polar surface area (TPSA) is 102 Å². The van der Waals surface area contributed by atoms with Crippen LogP contribution in [0.2, 0.25) is 0 Å². The highest BCUT2D eigenvalue weighted by atomic mass is 16.7. The van der Waals surface area contributed by atoms with E-state index in [1.54, 1.807) is 49.8 Å². The van der Waals surface area contributed by atoms with Crippen LogP contribution in [0.5, 0.6) is 74.7 Å². The summed E-state index contributed by atoms with van der Waals surface area (Å²) < 4.78 is 64.6. The summed E-state index contributed by atoms with van der Waals surface area (Å²) in [6.45, 7) is 0.157. The van der Waals surface area contributed by atoms with Crippen LogP contribution in [0.15, 0.2) is 103 Å². The van der Waals surface area contributed by atoms with Gasteiger partial charge in [0.05, 0.1) is 49.8 Å². The van der Waals surface area contributed by atoms with E-state index < -0.39 is 0 Å². The average Bonchev–Trinajstić information content (AvgIpc) is 3.78. The van der Waals surface area contributed by atoms with Gasteiger partial charge in [-0.2, -0.15) is 0 Å². The minimum Gasteiger partial charge on any atom is -0.497 e. The number of rotatable bonds is 20. The third kappa shape index (κ3) is 10.3. The molecule has 0 fully saturated rings. The highest BCUT2D eigenvalue weighted by Crippen LogP contribution is 2.44. The van der Waals surface area contributed by atoms with Crippen molar-refractivity contribution in [2.75, 3.05) is 56.6 Å². The molecule has 318 valence electrons. The van der Waals surface area contributed by atoms with Crippen LogP contribution in [-0.2, 0) is 38.5 Å². The fourth-order valence-corrected chi connectivity index (χ4v) is 7.39. The van der Waals surface area contributed by atoms with Gasteiger partial charge >= 0.3 is 0 Å². The Kier molecular flexibility index (Phi) is 13.8. The molecule has 6 aromatic rings. The molecule has 0 saturated carbocycles. The van der Waals surface area contributed by atoms with E-state index in [-0.39, 0.29) is 6.79 Å². The van der Waals surface area contributed by atoms with Gasteiger partial charge in [-0.3, -0.25) is 0 Å². The fourth-order valence-electron chi connectivity index (χ4n) is 7.39. The van der Waals surface area contributed by atoms with Gasteiger partial charge in [-0.25, -0.2) is 0 Å². The Labute approximate surface area is 357 Å². The van der Waals surface area contributed by atoms with Crippen molar-refractivity contribution in [1.82, 2.24) is 0 Å². The van der Waals surface area contributed by atoms with E-state index in [9.17, 15) is 0 Å².